The van der Waals surface area contributed by atoms with E-state index in [4.69, 9.17) is 5.11 Å². The first-order valence-electron chi connectivity index (χ1n) is 8.08. The molecule has 0 aliphatic heterocycles. The fourth-order valence-corrected chi connectivity index (χ4v) is 3.05. The Balaban J connectivity index is 1.83. The largest absolute Gasteiger partial charge is 0.478 e. The molecule has 3 N–H and O–H groups in total. The van der Waals surface area contributed by atoms with E-state index in [1.165, 1.54) is 23.5 Å². The number of thiophene rings is 1. The normalized spacial score (nSPS) is 11.4. The van der Waals surface area contributed by atoms with E-state index in [9.17, 15) is 14.4 Å². The van der Waals surface area contributed by atoms with Crippen LogP contribution in [-0.4, -0.2) is 28.9 Å². The SMILES string of the molecule is O=C(O)c1ccc(N[C@H](NC(=O)c2cccs2)C(=O)c2ccccc2)cc1. The Morgan fingerprint density at radius 1 is 0.852 bits per heavy atom. The van der Waals surface area contributed by atoms with Gasteiger partial charge in [-0.3, -0.25) is 9.59 Å². The molecule has 2 aromatic carbocycles. The fraction of sp³-hybridized carbons (Fsp3) is 0.0500. The fourth-order valence-electron chi connectivity index (χ4n) is 2.42. The van der Waals surface area contributed by atoms with Gasteiger partial charge in [0.1, 0.15) is 0 Å². The van der Waals surface area contributed by atoms with Crippen molar-refractivity contribution in [3.8, 4) is 0 Å². The molecule has 6 nitrogen and oxygen atoms in total. The van der Waals surface area contributed by atoms with E-state index in [1.54, 1.807) is 60.0 Å². The summed E-state index contributed by atoms with van der Waals surface area (Å²) >= 11 is 1.28. The van der Waals surface area contributed by atoms with Crippen LogP contribution in [0.15, 0.2) is 72.1 Å². The third kappa shape index (κ3) is 4.59. The third-order valence-electron chi connectivity index (χ3n) is 3.78. The van der Waals surface area contributed by atoms with Crippen molar-refractivity contribution in [3.63, 3.8) is 0 Å². The van der Waals surface area contributed by atoms with Gasteiger partial charge in [-0.2, -0.15) is 0 Å². The van der Waals surface area contributed by atoms with Gasteiger partial charge in [-0.15, -0.1) is 11.3 Å². The predicted octanol–water partition coefficient (Wildman–Crippen LogP) is 3.50. The minimum absolute atomic E-state index is 0.133. The van der Waals surface area contributed by atoms with Crippen molar-refractivity contribution in [2.24, 2.45) is 0 Å². The van der Waals surface area contributed by atoms with E-state index in [0.717, 1.165) is 0 Å². The number of aromatic carboxylic acids is 1. The molecule has 3 aromatic rings. The number of carbonyl (C=O) groups excluding carboxylic acids is 2. The summed E-state index contributed by atoms with van der Waals surface area (Å²) in [5.41, 5.74) is 1.10. The van der Waals surface area contributed by atoms with Gasteiger partial charge in [-0.25, -0.2) is 4.79 Å². The zero-order chi connectivity index (χ0) is 19.2. The van der Waals surface area contributed by atoms with Crippen LogP contribution in [0.5, 0.6) is 0 Å². The molecule has 1 amide bonds. The summed E-state index contributed by atoms with van der Waals surface area (Å²) in [6.45, 7) is 0. The lowest BCUT2D eigenvalue weighted by Crippen LogP contribution is -2.46. The topological polar surface area (TPSA) is 95.5 Å². The molecular formula is C20H16N2O4S. The standard InChI is InChI=1S/C20H16N2O4S/c23-17(13-5-2-1-3-6-13)18(22-19(24)16-7-4-12-27-16)21-15-10-8-14(9-11-15)20(25)26/h1-12,18,21H,(H,22,24)(H,25,26)/t18-/m1/s1. The van der Waals surface area contributed by atoms with Gasteiger partial charge >= 0.3 is 5.97 Å². The number of benzene rings is 2. The number of hydrogen-bond acceptors (Lipinski definition) is 5. The van der Waals surface area contributed by atoms with Crippen molar-refractivity contribution in [2.45, 2.75) is 6.17 Å². The Labute approximate surface area is 159 Å². The highest BCUT2D eigenvalue weighted by Gasteiger charge is 2.23. The first kappa shape index (κ1) is 18.3. The maximum Gasteiger partial charge on any atom is 0.335 e. The van der Waals surface area contributed by atoms with E-state index in [0.29, 0.717) is 16.1 Å². The van der Waals surface area contributed by atoms with Crippen LogP contribution in [0.25, 0.3) is 0 Å². The minimum Gasteiger partial charge on any atom is -0.478 e. The second-order valence-electron chi connectivity index (χ2n) is 5.64. The monoisotopic (exact) mass is 380 g/mol. The smallest absolute Gasteiger partial charge is 0.335 e. The summed E-state index contributed by atoms with van der Waals surface area (Å²) < 4.78 is 0. The second-order valence-corrected chi connectivity index (χ2v) is 6.59. The first-order valence-corrected chi connectivity index (χ1v) is 8.96. The van der Waals surface area contributed by atoms with E-state index >= 15 is 0 Å². The van der Waals surface area contributed by atoms with Crippen molar-refractivity contribution >= 4 is 34.7 Å². The molecule has 0 saturated carbocycles. The Morgan fingerprint density at radius 3 is 2.15 bits per heavy atom. The maximum atomic E-state index is 12.9. The van der Waals surface area contributed by atoms with Gasteiger partial charge in [-0.1, -0.05) is 36.4 Å². The molecule has 136 valence electrons. The third-order valence-corrected chi connectivity index (χ3v) is 4.65. The molecule has 0 saturated heterocycles. The van der Waals surface area contributed by atoms with Crippen molar-refractivity contribution in [1.29, 1.82) is 0 Å². The number of nitrogens with one attached hydrogen (secondary N) is 2. The molecular weight excluding hydrogens is 364 g/mol. The van der Waals surface area contributed by atoms with Gasteiger partial charge in [0.25, 0.3) is 5.91 Å². The number of rotatable bonds is 7. The summed E-state index contributed by atoms with van der Waals surface area (Å²) in [7, 11) is 0. The summed E-state index contributed by atoms with van der Waals surface area (Å²) in [5.74, 6) is -1.71. The molecule has 27 heavy (non-hydrogen) atoms. The van der Waals surface area contributed by atoms with E-state index < -0.39 is 12.1 Å². The van der Waals surface area contributed by atoms with Crippen LogP contribution in [0, 0.1) is 0 Å². The van der Waals surface area contributed by atoms with Crippen LogP contribution in [0.1, 0.15) is 30.4 Å². The van der Waals surface area contributed by atoms with Crippen molar-refractivity contribution in [2.75, 3.05) is 5.32 Å². The number of Topliss-reactive ketones (excluding diaryl/α,β-unsaturated/α-hetero) is 1. The number of carboxylic acids is 1. The molecule has 1 heterocycles. The van der Waals surface area contributed by atoms with Crippen LogP contribution in [-0.2, 0) is 0 Å². The van der Waals surface area contributed by atoms with Crippen molar-refractivity contribution in [3.05, 3.63) is 88.1 Å². The number of amides is 1. The summed E-state index contributed by atoms with van der Waals surface area (Å²) in [6, 6.07) is 18.0. The molecule has 0 bridgehead atoms. The molecule has 0 unspecified atom stereocenters. The van der Waals surface area contributed by atoms with E-state index in [2.05, 4.69) is 10.6 Å². The summed E-state index contributed by atoms with van der Waals surface area (Å²) in [4.78, 5) is 36.7. The average molecular weight is 380 g/mol. The zero-order valence-corrected chi connectivity index (χ0v) is 14.9. The zero-order valence-electron chi connectivity index (χ0n) is 14.1. The lowest BCUT2D eigenvalue weighted by Gasteiger charge is -2.20. The molecule has 1 aromatic heterocycles. The number of ketones is 1. The molecule has 0 fully saturated rings. The first-order chi connectivity index (χ1) is 13.0. The second kappa shape index (κ2) is 8.29. The van der Waals surface area contributed by atoms with Crippen LogP contribution >= 0.6 is 11.3 Å². The van der Waals surface area contributed by atoms with Crippen LogP contribution in [0.3, 0.4) is 0 Å². The summed E-state index contributed by atoms with van der Waals surface area (Å²) in [6.07, 6.45) is -1.00. The minimum atomic E-state index is -1.04. The molecule has 1 atom stereocenters. The Morgan fingerprint density at radius 2 is 1.56 bits per heavy atom. The van der Waals surface area contributed by atoms with Gasteiger partial charge in [0, 0.05) is 11.3 Å². The lowest BCUT2D eigenvalue weighted by atomic mass is 10.1. The number of carboxylic acid groups (broad SMARTS) is 1. The Kier molecular flexibility index (Phi) is 5.63. The van der Waals surface area contributed by atoms with Gasteiger partial charge in [0.05, 0.1) is 10.4 Å². The molecule has 3 rings (SSSR count). The lowest BCUT2D eigenvalue weighted by molar-refractivity contribution is 0.0696. The van der Waals surface area contributed by atoms with Crippen LogP contribution in [0.4, 0.5) is 5.69 Å². The number of carbonyl (C=O) groups is 3. The molecule has 0 spiro atoms. The average Bonchev–Trinajstić information content (AvgIpc) is 3.23. The van der Waals surface area contributed by atoms with Crippen LogP contribution in [0.2, 0.25) is 0 Å². The van der Waals surface area contributed by atoms with Crippen LogP contribution < -0.4 is 10.6 Å². The van der Waals surface area contributed by atoms with Gasteiger partial charge in [-0.05, 0) is 35.7 Å². The quantitative estimate of drug-likeness (QED) is 0.431. The van der Waals surface area contributed by atoms with Gasteiger partial charge < -0.3 is 15.7 Å². The highest BCUT2D eigenvalue weighted by atomic mass is 32.1. The summed E-state index contributed by atoms with van der Waals surface area (Å²) in [5, 5.41) is 16.4. The highest BCUT2D eigenvalue weighted by molar-refractivity contribution is 7.12. The van der Waals surface area contributed by atoms with E-state index in [-0.39, 0.29) is 17.3 Å². The van der Waals surface area contributed by atoms with Crippen molar-refractivity contribution in [1.82, 2.24) is 5.32 Å². The van der Waals surface area contributed by atoms with Crippen molar-refractivity contribution < 1.29 is 19.5 Å². The maximum absolute atomic E-state index is 12.9. The molecule has 0 radical (unpaired) electrons. The van der Waals surface area contributed by atoms with Gasteiger partial charge in [0.15, 0.2) is 6.17 Å². The Hall–Kier alpha value is -3.45. The molecule has 0 aliphatic rings. The predicted molar refractivity (Wildman–Crippen MR) is 103 cm³/mol. The van der Waals surface area contributed by atoms with E-state index in [1.807, 2.05) is 0 Å². The molecule has 0 aliphatic carbocycles. The number of hydrogen-bond donors (Lipinski definition) is 3. The van der Waals surface area contributed by atoms with Gasteiger partial charge in [0.2, 0.25) is 5.78 Å². The highest BCUT2D eigenvalue weighted by Crippen LogP contribution is 2.14. The Bertz CT molecular complexity index is 938. The number of anilines is 1. The molecule has 7 heteroatoms.